The van der Waals surface area contributed by atoms with Gasteiger partial charge in [0.25, 0.3) is 0 Å². The van der Waals surface area contributed by atoms with Gasteiger partial charge in [0.2, 0.25) is 17.7 Å². The maximum Gasteiger partial charge on any atom is 0.242 e. The van der Waals surface area contributed by atoms with Crippen LogP contribution in [-0.2, 0) is 20.9 Å². The normalized spacial score (nSPS) is 14.4. The van der Waals surface area contributed by atoms with Gasteiger partial charge in [0.15, 0.2) is 0 Å². The Morgan fingerprint density at radius 3 is 2.48 bits per heavy atom. The Kier molecular flexibility index (Phi) is 6.02. The van der Waals surface area contributed by atoms with Gasteiger partial charge in [-0.2, -0.15) is 0 Å². The van der Waals surface area contributed by atoms with Crippen molar-refractivity contribution in [1.82, 2.24) is 24.7 Å². The Balaban J connectivity index is 1.44. The molecule has 1 fully saturated rings. The molecule has 0 unspecified atom stereocenters. The second-order valence-electron chi connectivity index (χ2n) is 6.44. The van der Waals surface area contributed by atoms with Crippen molar-refractivity contribution in [3.05, 3.63) is 30.7 Å². The Morgan fingerprint density at radius 1 is 1.07 bits per heavy atom. The van der Waals surface area contributed by atoms with Crippen molar-refractivity contribution in [2.75, 3.05) is 39.3 Å². The molecule has 0 saturated carbocycles. The van der Waals surface area contributed by atoms with Crippen LogP contribution < -0.4 is 11.1 Å². The van der Waals surface area contributed by atoms with E-state index < -0.39 is 0 Å². The summed E-state index contributed by atoms with van der Waals surface area (Å²) < 4.78 is 2.03. The third kappa shape index (κ3) is 4.62. The molecule has 9 heteroatoms. The first kappa shape index (κ1) is 18.8. The number of rotatable bonds is 6. The summed E-state index contributed by atoms with van der Waals surface area (Å²) in [4.78, 5) is 43.2. The number of carbonyl (C=O) groups is 3. The van der Waals surface area contributed by atoms with Gasteiger partial charge in [-0.15, -0.1) is 0 Å². The van der Waals surface area contributed by atoms with Crippen LogP contribution in [0.1, 0.15) is 6.42 Å². The fourth-order valence-electron chi connectivity index (χ4n) is 3.16. The molecule has 3 heterocycles. The second kappa shape index (κ2) is 8.63. The number of hydrogen-bond acceptors (Lipinski definition) is 5. The van der Waals surface area contributed by atoms with E-state index in [0.29, 0.717) is 39.1 Å². The summed E-state index contributed by atoms with van der Waals surface area (Å²) in [6, 6.07) is 3.95. The summed E-state index contributed by atoms with van der Waals surface area (Å²) in [5, 5.41) is 3.57. The van der Waals surface area contributed by atoms with Crippen molar-refractivity contribution in [1.29, 1.82) is 0 Å². The lowest BCUT2D eigenvalue weighted by Gasteiger charge is -2.35. The predicted molar refractivity (Wildman–Crippen MR) is 99.6 cm³/mol. The first-order valence-electron chi connectivity index (χ1n) is 8.99. The van der Waals surface area contributed by atoms with Gasteiger partial charge in [-0.25, -0.2) is 0 Å². The summed E-state index contributed by atoms with van der Waals surface area (Å²) in [5.74, 6) is -0.440. The van der Waals surface area contributed by atoms with Gasteiger partial charge in [0.1, 0.15) is 0 Å². The Bertz CT molecular complexity index is 825. The highest BCUT2D eigenvalue weighted by Gasteiger charge is 2.24. The van der Waals surface area contributed by atoms with E-state index >= 15 is 0 Å². The van der Waals surface area contributed by atoms with Crippen LogP contribution in [0.4, 0.5) is 0 Å². The molecule has 0 bridgehead atoms. The summed E-state index contributed by atoms with van der Waals surface area (Å²) in [6.07, 6.45) is 5.92. The van der Waals surface area contributed by atoms with Crippen LogP contribution in [-0.4, -0.2) is 76.3 Å². The van der Waals surface area contributed by atoms with E-state index in [9.17, 15) is 14.4 Å². The van der Waals surface area contributed by atoms with E-state index in [4.69, 9.17) is 5.73 Å². The Labute approximate surface area is 157 Å². The van der Waals surface area contributed by atoms with Gasteiger partial charge in [-0.3, -0.25) is 19.4 Å². The van der Waals surface area contributed by atoms with Crippen molar-refractivity contribution < 1.29 is 14.4 Å². The van der Waals surface area contributed by atoms with Crippen molar-refractivity contribution >= 4 is 28.6 Å². The molecule has 3 rings (SSSR count). The number of piperazine rings is 1. The topological polar surface area (TPSA) is 114 Å². The Hall–Kier alpha value is -2.94. The lowest BCUT2D eigenvalue weighted by molar-refractivity contribution is -0.139. The van der Waals surface area contributed by atoms with Crippen molar-refractivity contribution in [2.24, 2.45) is 5.73 Å². The van der Waals surface area contributed by atoms with E-state index in [1.807, 2.05) is 22.9 Å². The van der Waals surface area contributed by atoms with E-state index in [0.717, 1.165) is 10.9 Å². The molecule has 1 aliphatic rings. The highest BCUT2D eigenvalue weighted by atomic mass is 16.2. The molecule has 144 valence electrons. The quantitative estimate of drug-likeness (QED) is 0.687. The lowest BCUT2D eigenvalue weighted by Crippen LogP contribution is -2.53. The molecule has 0 spiro atoms. The summed E-state index contributed by atoms with van der Waals surface area (Å²) in [6.45, 7) is 2.35. The molecule has 0 aliphatic carbocycles. The molecule has 9 nitrogen and oxygen atoms in total. The molecule has 1 aliphatic heterocycles. The minimum absolute atomic E-state index is 0.0568. The summed E-state index contributed by atoms with van der Waals surface area (Å²) >= 11 is 0. The SMILES string of the molecule is NCC(=O)NCC(=O)N1CCN(C(=O)CCn2ccc3ccncc32)CC1. The molecule has 27 heavy (non-hydrogen) atoms. The fraction of sp³-hybridized carbons (Fsp3) is 0.444. The second-order valence-corrected chi connectivity index (χ2v) is 6.44. The number of pyridine rings is 1. The zero-order chi connectivity index (χ0) is 19.2. The third-order valence-electron chi connectivity index (χ3n) is 4.75. The molecular formula is C18H24N6O3. The number of amides is 3. The number of nitrogens with two attached hydrogens (primary N) is 1. The first-order chi connectivity index (χ1) is 13.1. The number of fused-ring (bicyclic) bond motifs is 1. The monoisotopic (exact) mass is 372 g/mol. The number of hydrogen-bond donors (Lipinski definition) is 2. The van der Waals surface area contributed by atoms with Crippen LogP contribution in [0.25, 0.3) is 10.9 Å². The first-order valence-corrected chi connectivity index (χ1v) is 8.99. The number of carbonyl (C=O) groups excluding carboxylic acids is 3. The number of nitrogens with one attached hydrogen (secondary N) is 1. The van der Waals surface area contributed by atoms with Crippen LogP contribution in [0.2, 0.25) is 0 Å². The minimum atomic E-state index is -0.357. The molecule has 2 aromatic heterocycles. The molecule has 2 aromatic rings. The van der Waals surface area contributed by atoms with Crippen LogP contribution in [0.3, 0.4) is 0 Å². The van der Waals surface area contributed by atoms with Crippen molar-refractivity contribution in [2.45, 2.75) is 13.0 Å². The molecule has 0 atom stereocenters. The highest BCUT2D eigenvalue weighted by molar-refractivity contribution is 5.85. The number of aromatic nitrogens is 2. The fourth-order valence-corrected chi connectivity index (χ4v) is 3.16. The van der Waals surface area contributed by atoms with Crippen LogP contribution >= 0.6 is 0 Å². The van der Waals surface area contributed by atoms with Crippen molar-refractivity contribution in [3.8, 4) is 0 Å². The van der Waals surface area contributed by atoms with Gasteiger partial charge in [-0.05, 0) is 12.1 Å². The average molecular weight is 372 g/mol. The molecule has 3 amide bonds. The van der Waals surface area contributed by atoms with Gasteiger partial charge < -0.3 is 25.4 Å². The van der Waals surface area contributed by atoms with Crippen LogP contribution in [0, 0.1) is 0 Å². The largest absolute Gasteiger partial charge is 0.346 e. The highest BCUT2D eigenvalue weighted by Crippen LogP contribution is 2.14. The smallest absolute Gasteiger partial charge is 0.242 e. The van der Waals surface area contributed by atoms with E-state index in [-0.39, 0.29) is 30.8 Å². The Morgan fingerprint density at radius 2 is 1.78 bits per heavy atom. The van der Waals surface area contributed by atoms with E-state index in [1.165, 1.54) is 0 Å². The van der Waals surface area contributed by atoms with Crippen molar-refractivity contribution in [3.63, 3.8) is 0 Å². The minimum Gasteiger partial charge on any atom is -0.346 e. The molecule has 0 radical (unpaired) electrons. The molecule has 1 saturated heterocycles. The molecular weight excluding hydrogens is 348 g/mol. The maximum absolute atomic E-state index is 12.5. The maximum atomic E-state index is 12.5. The number of nitrogens with zero attached hydrogens (tertiary/aromatic N) is 4. The standard InChI is InChI=1S/C18H24N6O3/c19-11-16(25)21-13-18(27)24-9-7-23(8-10-24)17(26)3-6-22-5-2-14-1-4-20-12-15(14)22/h1-2,4-5,12H,3,6-11,13,19H2,(H,21,25). The zero-order valence-corrected chi connectivity index (χ0v) is 15.1. The van der Waals surface area contributed by atoms with E-state index in [2.05, 4.69) is 10.3 Å². The molecule has 0 aromatic carbocycles. The van der Waals surface area contributed by atoms with E-state index in [1.54, 1.807) is 22.2 Å². The van der Waals surface area contributed by atoms with Crippen LogP contribution in [0.15, 0.2) is 30.7 Å². The van der Waals surface area contributed by atoms with Gasteiger partial charge in [-0.1, -0.05) is 0 Å². The van der Waals surface area contributed by atoms with Gasteiger partial charge in [0, 0.05) is 56.9 Å². The van der Waals surface area contributed by atoms with Crippen LogP contribution in [0.5, 0.6) is 0 Å². The number of aryl methyl sites for hydroxylation is 1. The summed E-state index contributed by atoms with van der Waals surface area (Å²) in [7, 11) is 0. The average Bonchev–Trinajstić information content (AvgIpc) is 3.13. The molecule has 3 N–H and O–H groups in total. The summed E-state index contributed by atoms with van der Waals surface area (Å²) in [5.41, 5.74) is 6.21. The third-order valence-corrected chi connectivity index (χ3v) is 4.75. The van der Waals surface area contributed by atoms with Gasteiger partial charge in [0.05, 0.1) is 24.8 Å². The zero-order valence-electron chi connectivity index (χ0n) is 15.1. The van der Waals surface area contributed by atoms with Gasteiger partial charge >= 0.3 is 0 Å². The predicted octanol–water partition coefficient (Wildman–Crippen LogP) is -0.828. The lowest BCUT2D eigenvalue weighted by atomic mass is 10.2.